The van der Waals surface area contributed by atoms with E-state index in [1.54, 1.807) is 0 Å². The summed E-state index contributed by atoms with van der Waals surface area (Å²) in [6.45, 7) is 4.50. The Morgan fingerprint density at radius 1 is 1.28 bits per heavy atom. The predicted molar refractivity (Wildman–Crippen MR) is 96.3 cm³/mol. The van der Waals surface area contributed by atoms with Crippen molar-refractivity contribution < 1.29 is 4.74 Å². The van der Waals surface area contributed by atoms with Crippen molar-refractivity contribution in [3.8, 4) is 0 Å². The van der Waals surface area contributed by atoms with E-state index in [4.69, 9.17) is 9.72 Å². The molecule has 6 nitrogen and oxygen atoms in total. The third-order valence-electron chi connectivity index (χ3n) is 5.03. The van der Waals surface area contributed by atoms with Gasteiger partial charge in [-0.05, 0) is 37.3 Å². The molecule has 0 amide bonds. The smallest absolute Gasteiger partial charge is 0.137 e. The number of fused-ring (bicyclic) bond motifs is 1. The van der Waals surface area contributed by atoms with Gasteiger partial charge in [0.2, 0.25) is 0 Å². The van der Waals surface area contributed by atoms with E-state index in [0.29, 0.717) is 5.92 Å². The van der Waals surface area contributed by atoms with Crippen molar-refractivity contribution in [3.63, 3.8) is 0 Å². The summed E-state index contributed by atoms with van der Waals surface area (Å²) in [4.78, 5) is 9.32. The highest BCUT2D eigenvalue weighted by Crippen LogP contribution is 2.29. The van der Waals surface area contributed by atoms with Gasteiger partial charge in [0, 0.05) is 51.6 Å². The highest BCUT2D eigenvalue weighted by atomic mass is 16.5. The van der Waals surface area contributed by atoms with Crippen molar-refractivity contribution in [1.82, 2.24) is 24.3 Å². The molecule has 1 saturated heterocycles. The van der Waals surface area contributed by atoms with E-state index in [1.807, 2.05) is 12.4 Å². The van der Waals surface area contributed by atoms with Crippen LogP contribution in [0.4, 0.5) is 0 Å². The van der Waals surface area contributed by atoms with Crippen molar-refractivity contribution >= 4 is 5.65 Å². The fraction of sp³-hybridized carbons (Fsp3) is 0.474. The van der Waals surface area contributed by atoms with Crippen molar-refractivity contribution in [2.24, 2.45) is 13.0 Å². The zero-order valence-corrected chi connectivity index (χ0v) is 14.9. The van der Waals surface area contributed by atoms with Crippen LogP contribution in [0.5, 0.6) is 0 Å². The van der Waals surface area contributed by atoms with E-state index >= 15 is 0 Å². The number of hydrogen-bond donors (Lipinski definition) is 1. The molecule has 0 unspecified atom stereocenters. The Morgan fingerprint density at radius 3 is 2.88 bits per heavy atom. The summed E-state index contributed by atoms with van der Waals surface area (Å²) in [5.74, 6) is 1.63. The SMILES string of the molecule is Cc1ccc2nc(CN[C@@H](c3nccn3C)C3CCOCC3)cn2c1. The lowest BCUT2D eigenvalue weighted by Gasteiger charge is -2.30. The molecule has 0 saturated carbocycles. The molecular weight excluding hydrogens is 314 g/mol. The van der Waals surface area contributed by atoms with Gasteiger partial charge in [0.1, 0.15) is 11.5 Å². The van der Waals surface area contributed by atoms with Gasteiger partial charge in [-0.2, -0.15) is 0 Å². The molecule has 1 N–H and O–H groups in total. The van der Waals surface area contributed by atoms with E-state index in [-0.39, 0.29) is 6.04 Å². The second-order valence-corrected chi connectivity index (χ2v) is 6.91. The largest absolute Gasteiger partial charge is 0.381 e. The van der Waals surface area contributed by atoms with Crippen LogP contribution in [0.15, 0.2) is 36.9 Å². The lowest BCUT2D eigenvalue weighted by Crippen LogP contribution is -2.33. The van der Waals surface area contributed by atoms with E-state index in [9.17, 15) is 0 Å². The predicted octanol–water partition coefficient (Wildman–Crippen LogP) is 2.63. The van der Waals surface area contributed by atoms with Crippen LogP contribution in [0, 0.1) is 12.8 Å². The quantitative estimate of drug-likeness (QED) is 0.776. The van der Waals surface area contributed by atoms with Crippen LogP contribution in [0.3, 0.4) is 0 Å². The molecule has 6 heteroatoms. The summed E-state index contributed by atoms with van der Waals surface area (Å²) in [7, 11) is 2.06. The van der Waals surface area contributed by atoms with Crippen LogP contribution < -0.4 is 5.32 Å². The normalized spacial score (nSPS) is 17.2. The molecule has 25 heavy (non-hydrogen) atoms. The Labute approximate surface area is 147 Å². The molecule has 4 rings (SSSR count). The second kappa shape index (κ2) is 6.98. The van der Waals surface area contributed by atoms with Gasteiger partial charge in [0.05, 0.1) is 11.7 Å². The van der Waals surface area contributed by atoms with Crippen molar-refractivity contribution in [2.45, 2.75) is 32.4 Å². The molecule has 1 aliphatic rings. The van der Waals surface area contributed by atoms with E-state index < -0.39 is 0 Å². The van der Waals surface area contributed by atoms with Crippen LogP contribution >= 0.6 is 0 Å². The first-order chi connectivity index (χ1) is 12.2. The number of imidazole rings is 2. The van der Waals surface area contributed by atoms with Crippen LogP contribution in [-0.4, -0.2) is 32.1 Å². The monoisotopic (exact) mass is 339 g/mol. The van der Waals surface area contributed by atoms with Gasteiger partial charge in [0.25, 0.3) is 0 Å². The first-order valence-corrected chi connectivity index (χ1v) is 8.93. The summed E-state index contributed by atoms with van der Waals surface area (Å²) in [6, 6.07) is 4.38. The van der Waals surface area contributed by atoms with Crippen LogP contribution in [-0.2, 0) is 18.3 Å². The maximum Gasteiger partial charge on any atom is 0.137 e. The number of ether oxygens (including phenoxy) is 1. The molecule has 1 fully saturated rings. The van der Waals surface area contributed by atoms with Gasteiger partial charge in [-0.3, -0.25) is 0 Å². The lowest BCUT2D eigenvalue weighted by atomic mass is 9.91. The molecule has 0 aromatic carbocycles. The third-order valence-corrected chi connectivity index (χ3v) is 5.03. The second-order valence-electron chi connectivity index (χ2n) is 6.91. The number of pyridine rings is 1. The van der Waals surface area contributed by atoms with Gasteiger partial charge in [-0.25, -0.2) is 9.97 Å². The topological polar surface area (TPSA) is 56.4 Å². The van der Waals surface area contributed by atoms with Gasteiger partial charge < -0.3 is 19.0 Å². The maximum absolute atomic E-state index is 5.54. The van der Waals surface area contributed by atoms with Crippen molar-refractivity contribution in [3.05, 3.63) is 54.0 Å². The highest BCUT2D eigenvalue weighted by Gasteiger charge is 2.28. The number of aryl methyl sites for hydroxylation is 2. The van der Waals surface area contributed by atoms with Gasteiger partial charge >= 0.3 is 0 Å². The van der Waals surface area contributed by atoms with Crippen LogP contribution in [0.25, 0.3) is 5.65 Å². The molecule has 132 valence electrons. The van der Waals surface area contributed by atoms with Gasteiger partial charge in [-0.1, -0.05) is 6.07 Å². The lowest BCUT2D eigenvalue weighted by molar-refractivity contribution is 0.0517. The molecule has 1 aliphatic heterocycles. The summed E-state index contributed by atoms with van der Waals surface area (Å²) in [5.41, 5.74) is 3.27. The Balaban J connectivity index is 1.54. The average molecular weight is 339 g/mol. The van der Waals surface area contributed by atoms with E-state index in [0.717, 1.165) is 49.8 Å². The molecule has 3 aromatic rings. The molecule has 4 heterocycles. The number of nitrogens with zero attached hydrogens (tertiary/aromatic N) is 4. The molecule has 0 aliphatic carbocycles. The highest BCUT2D eigenvalue weighted by molar-refractivity contribution is 5.41. The zero-order valence-electron chi connectivity index (χ0n) is 14.9. The maximum atomic E-state index is 5.54. The molecular formula is C19H25N5O. The summed E-state index contributed by atoms with van der Waals surface area (Å²) in [6.07, 6.45) is 10.2. The average Bonchev–Trinajstić information content (AvgIpc) is 3.22. The standard InChI is InChI=1S/C19H25N5O/c1-14-3-4-17-22-16(13-24(17)12-14)11-21-18(15-5-9-25-10-6-15)19-20-7-8-23(19)2/h3-4,7-8,12-13,15,18,21H,5-6,9-11H2,1-2H3/t18-/m1/s1. The number of nitrogens with one attached hydrogen (secondary N) is 1. The minimum absolute atomic E-state index is 0.218. The minimum atomic E-state index is 0.218. The van der Waals surface area contributed by atoms with E-state index in [1.165, 1.54) is 5.56 Å². The summed E-state index contributed by atoms with van der Waals surface area (Å²) >= 11 is 0. The molecule has 1 atom stereocenters. The molecule has 0 bridgehead atoms. The Morgan fingerprint density at radius 2 is 2.12 bits per heavy atom. The number of aromatic nitrogens is 4. The molecule has 3 aromatic heterocycles. The van der Waals surface area contributed by atoms with E-state index in [2.05, 4.69) is 57.8 Å². The third kappa shape index (κ3) is 3.45. The number of hydrogen-bond acceptors (Lipinski definition) is 4. The van der Waals surface area contributed by atoms with Gasteiger partial charge in [-0.15, -0.1) is 0 Å². The van der Waals surface area contributed by atoms with Gasteiger partial charge in [0.15, 0.2) is 0 Å². The zero-order chi connectivity index (χ0) is 17.2. The van der Waals surface area contributed by atoms with Crippen LogP contribution in [0.1, 0.15) is 36.0 Å². The molecule has 0 spiro atoms. The fourth-order valence-electron chi connectivity index (χ4n) is 3.65. The van der Waals surface area contributed by atoms with Crippen LogP contribution in [0.2, 0.25) is 0 Å². The number of rotatable bonds is 5. The fourth-order valence-corrected chi connectivity index (χ4v) is 3.65. The first-order valence-electron chi connectivity index (χ1n) is 8.93. The van der Waals surface area contributed by atoms with Crippen molar-refractivity contribution in [2.75, 3.05) is 13.2 Å². The Kier molecular flexibility index (Phi) is 4.55. The minimum Gasteiger partial charge on any atom is -0.381 e. The van der Waals surface area contributed by atoms with Crippen molar-refractivity contribution in [1.29, 1.82) is 0 Å². The Hall–Kier alpha value is -2.18. The first kappa shape index (κ1) is 16.3. The summed E-state index contributed by atoms with van der Waals surface area (Å²) in [5, 5.41) is 3.71. The molecule has 0 radical (unpaired) electrons. The summed E-state index contributed by atoms with van der Waals surface area (Å²) < 4.78 is 9.75. The Bertz CT molecular complexity index is 846.